The van der Waals surface area contributed by atoms with Crippen molar-refractivity contribution in [1.29, 1.82) is 0 Å². The highest BCUT2D eigenvalue weighted by Gasteiger charge is 2.28. The second-order valence-corrected chi connectivity index (χ2v) is 9.45. The lowest BCUT2D eigenvalue weighted by molar-refractivity contribution is 0.0891. The lowest BCUT2D eigenvalue weighted by atomic mass is 9.78. The van der Waals surface area contributed by atoms with Crippen molar-refractivity contribution in [3.63, 3.8) is 0 Å². The molecule has 2 aromatic carbocycles. The minimum atomic E-state index is -3.54. The molecule has 1 saturated carbocycles. The average molecular weight is 401 g/mol. The summed E-state index contributed by atoms with van der Waals surface area (Å²) in [5.41, 5.74) is 1.40. The van der Waals surface area contributed by atoms with Gasteiger partial charge in [-0.05, 0) is 48.1 Å². The van der Waals surface area contributed by atoms with Gasteiger partial charge in [0.25, 0.3) is 5.91 Å². The highest BCUT2D eigenvalue weighted by atomic mass is 32.2. The van der Waals surface area contributed by atoms with E-state index in [4.69, 9.17) is 0 Å². The normalized spacial score (nSPS) is 22.6. The van der Waals surface area contributed by atoms with Crippen LogP contribution in [0.15, 0.2) is 59.5 Å². The van der Waals surface area contributed by atoms with Crippen LogP contribution in [0.25, 0.3) is 0 Å². The Labute approximate surface area is 167 Å². The summed E-state index contributed by atoms with van der Waals surface area (Å²) in [6.07, 6.45) is 3.40. The van der Waals surface area contributed by atoms with Gasteiger partial charge in [0.1, 0.15) is 0 Å². The van der Waals surface area contributed by atoms with E-state index in [2.05, 4.69) is 23.9 Å². The molecule has 1 aliphatic rings. The first-order chi connectivity index (χ1) is 13.4. The summed E-state index contributed by atoms with van der Waals surface area (Å²) in [4.78, 5) is 12.8. The summed E-state index contributed by atoms with van der Waals surface area (Å²) in [6, 6.07) is 15.6. The Morgan fingerprint density at radius 3 is 2.36 bits per heavy atom. The number of rotatable bonds is 6. The van der Waals surface area contributed by atoms with Crippen molar-refractivity contribution in [2.45, 2.75) is 50.6 Å². The first-order valence-electron chi connectivity index (χ1n) is 9.81. The first kappa shape index (κ1) is 20.6. The van der Waals surface area contributed by atoms with Gasteiger partial charge in [-0.3, -0.25) is 4.79 Å². The van der Waals surface area contributed by atoms with Crippen LogP contribution < -0.4 is 10.0 Å². The van der Waals surface area contributed by atoms with Gasteiger partial charge in [-0.2, -0.15) is 0 Å². The van der Waals surface area contributed by atoms with E-state index in [0.29, 0.717) is 17.4 Å². The molecule has 0 saturated heterocycles. The van der Waals surface area contributed by atoms with Gasteiger partial charge in [0.15, 0.2) is 0 Å². The Morgan fingerprint density at radius 1 is 1.00 bits per heavy atom. The van der Waals surface area contributed by atoms with E-state index in [-0.39, 0.29) is 23.4 Å². The Balaban J connectivity index is 1.58. The van der Waals surface area contributed by atoms with Gasteiger partial charge in [-0.25, -0.2) is 13.1 Å². The summed E-state index contributed by atoms with van der Waals surface area (Å²) in [7, 11) is -3.54. The topological polar surface area (TPSA) is 75.3 Å². The summed E-state index contributed by atoms with van der Waals surface area (Å²) in [6.45, 7) is 4.63. The van der Waals surface area contributed by atoms with Crippen LogP contribution in [0.4, 0.5) is 0 Å². The molecule has 6 heteroatoms. The number of hydrogen-bond acceptors (Lipinski definition) is 3. The maximum Gasteiger partial charge on any atom is 0.251 e. The molecule has 0 heterocycles. The molecule has 150 valence electrons. The minimum Gasteiger partial charge on any atom is -0.349 e. The Kier molecular flexibility index (Phi) is 6.52. The van der Waals surface area contributed by atoms with Crippen LogP contribution in [0.1, 0.15) is 49.0 Å². The standard InChI is InChI=1S/C22H28N2O3S/c1-16-7-6-10-21(17(16)2)24-22(25)19-13-11-18(12-14-19)15-23-28(26,27)20-8-4-3-5-9-20/h3-5,8-9,11-14,16-17,21,23H,6-7,10,15H2,1-2H3,(H,24,25). The minimum absolute atomic E-state index is 0.0673. The average Bonchev–Trinajstić information content (AvgIpc) is 2.71. The number of sulfonamides is 1. The molecule has 1 fully saturated rings. The molecule has 5 nitrogen and oxygen atoms in total. The second kappa shape index (κ2) is 8.88. The van der Waals surface area contributed by atoms with Crippen molar-refractivity contribution in [2.24, 2.45) is 11.8 Å². The number of benzene rings is 2. The summed E-state index contributed by atoms with van der Waals surface area (Å²) in [5, 5.41) is 3.16. The van der Waals surface area contributed by atoms with Crippen molar-refractivity contribution >= 4 is 15.9 Å². The van der Waals surface area contributed by atoms with Crippen molar-refractivity contribution in [3.05, 3.63) is 65.7 Å². The van der Waals surface area contributed by atoms with Crippen LogP contribution in [-0.4, -0.2) is 20.4 Å². The Bertz CT molecular complexity index is 895. The van der Waals surface area contributed by atoms with Crippen LogP contribution in [0.2, 0.25) is 0 Å². The third-order valence-corrected chi connectivity index (χ3v) is 7.18. The third kappa shape index (κ3) is 5.00. The quantitative estimate of drug-likeness (QED) is 0.776. The molecule has 2 aromatic rings. The van der Waals surface area contributed by atoms with Crippen LogP contribution >= 0.6 is 0 Å². The maximum absolute atomic E-state index is 12.6. The zero-order chi connectivity index (χ0) is 20.1. The molecular formula is C22H28N2O3S. The summed E-state index contributed by atoms with van der Waals surface area (Å²) >= 11 is 0. The monoisotopic (exact) mass is 400 g/mol. The van der Waals surface area contributed by atoms with Crippen LogP contribution in [-0.2, 0) is 16.6 Å². The first-order valence-corrected chi connectivity index (χ1v) is 11.3. The summed E-state index contributed by atoms with van der Waals surface area (Å²) < 4.78 is 27.2. The van der Waals surface area contributed by atoms with Crippen LogP contribution in [0.3, 0.4) is 0 Å². The van der Waals surface area contributed by atoms with E-state index in [0.717, 1.165) is 18.4 Å². The van der Waals surface area contributed by atoms with Crippen molar-refractivity contribution in [2.75, 3.05) is 0 Å². The van der Waals surface area contributed by atoms with Gasteiger partial charge in [0.2, 0.25) is 10.0 Å². The Morgan fingerprint density at radius 2 is 1.68 bits per heavy atom. The molecule has 28 heavy (non-hydrogen) atoms. The highest BCUT2D eigenvalue weighted by Crippen LogP contribution is 2.29. The number of carbonyl (C=O) groups excluding carboxylic acids is 1. The molecule has 0 aliphatic heterocycles. The van der Waals surface area contributed by atoms with Gasteiger partial charge in [0.05, 0.1) is 4.90 Å². The van der Waals surface area contributed by atoms with Crippen molar-refractivity contribution < 1.29 is 13.2 Å². The third-order valence-electron chi connectivity index (χ3n) is 5.76. The molecule has 0 radical (unpaired) electrons. The van der Waals surface area contributed by atoms with E-state index in [1.807, 2.05) is 0 Å². The fourth-order valence-electron chi connectivity index (χ4n) is 3.67. The van der Waals surface area contributed by atoms with E-state index in [9.17, 15) is 13.2 Å². The van der Waals surface area contributed by atoms with E-state index >= 15 is 0 Å². The number of amides is 1. The molecule has 1 amide bonds. The molecule has 1 aliphatic carbocycles. The van der Waals surface area contributed by atoms with E-state index in [1.54, 1.807) is 54.6 Å². The number of carbonyl (C=O) groups is 1. The highest BCUT2D eigenvalue weighted by molar-refractivity contribution is 7.89. The zero-order valence-electron chi connectivity index (χ0n) is 16.4. The van der Waals surface area contributed by atoms with Gasteiger partial charge >= 0.3 is 0 Å². The van der Waals surface area contributed by atoms with Crippen molar-refractivity contribution in [1.82, 2.24) is 10.0 Å². The molecule has 0 spiro atoms. The molecule has 3 atom stereocenters. The lowest BCUT2D eigenvalue weighted by Crippen LogP contribution is -2.43. The molecule has 0 aromatic heterocycles. The molecule has 0 bridgehead atoms. The SMILES string of the molecule is CC1CCCC(NC(=O)c2ccc(CNS(=O)(=O)c3ccccc3)cc2)C1C. The maximum atomic E-state index is 12.6. The van der Waals surface area contributed by atoms with E-state index in [1.165, 1.54) is 6.42 Å². The molecule has 3 rings (SSSR count). The van der Waals surface area contributed by atoms with Gasteiger partial charge < -0.3 is 5.32 Å². The number of nitrogens with one attached hydrogen (secondary N) is 2. The zero-order valence-corrected chi connectivity index (χ0v) is 17.2. The molecular weight excluding hydrogens is 372 g/mol. The lowest BCUT2D eigenvalue weighted by Gasteiger charge is -2.34. The van der Waals surface area contributed by atoms with Crippen LogP contribution in [0.5, 0.6) is 0 Å². The van der Waals surface area contributed by atoms with E-state index < -0.39 is 10.0 Å². The van der Waals surface area contributed by atoms with Crippen LogP contribution in [0, 0.1) is 11.8 Å². The van der Waals surface area contributed by atoms with Gasteiger partial charge in [0, 0.05) is 18.2 Å². The largest absolute Gasteiger partial charge is 0.349 e. The predicted octanol–water partition coefficient (Wildman–Crippen LogP) is 3.72. The van der Waals surface area contributed by atoms with Crippen molar-refractivity contribution in [3.8, 4) is 0 Å². The molecule has 2 N–H and O–H groups in total. The second-order valence-electron chi connectivity index (χ2n) is 7.68. The fraction of sp³-hybridized carbons (Fsp3) is 0.409. The smallest absolute Gasteiger partial charge is 0.251 e. The predicted molar refractivity (Wildman–Crippen MR) is 110 cm³/mol. The Hall–Kier alpha value is -2.18. The number of hydrogen-bond donors (Lipinski definition) is 2. The van der Waals surface area contributed by atoms with Gasteiger partial charge in [-0.1, -0.05) is 57.0 Å². The fourth-order valence-corrected chi connectivity index (χ4v) is 4.71. The summed E-state index contributed by atoms with van der Waals surface area (Å²) in [5.74, 6) is 1.03. The van der Waals surface area contributed by atoms with Gasteiger partial charge in [-0.15, -0.1) is 0 Å². The molecule has 3 unspecified atom stereocenters.